The molecule has 0 aliphatic rings. The number of rotatable bonds is 9. The van der Waals surface area contributed by atoms with E-state index in [-0.39, 0.29) is 17.8 Å². The molecule has 0 heterocycles. The van der Waals surface area contributed by atoms with Crippen LogP contribution in [0.4, 0.5) is 0 Å². The topological polar surface area (TPSA) is 26.3 Å². The second kappa shape index (κ2) is 8.74. The molecule has 0 aromatic rings. The Labute approximate surface area is 101 Å². The monoisotopic (exact) mass is 228 g/mol. The number of ether oxygens (including phenoxy) is 1. The van der Waals surface area contributed by atoms with Gasteiger partial charge in [-0.05, 0) is 11.8 Å². The first-order chi connectivity index (χ1) is 7.56. The van der Waals surface area contributed by atoms with Crippen LogP contribution in [0.15, 0.2) is 0 Å². The largest absolute Gasteiger partial charge is 0.373 e. The van der Waals surface area contributed by atoms with Gasteiger partial charge in [0.05, 0.1) is 0 Å². The number of hydrogen-bond acceptors (Lipinski definition) is 2. The molecule has 0 saturated heterocycles. The maximum Gasteiger partial charge on any atom is 0.162 e. The quantitative estimate of drug-likeness (QED) is 0.599. The summed E-state index contributed by atoms with van der Waals surface area (Å²) in [5.41, 5.74) is 0. The fourth-order valence-electron chi connectivity index (χ4n) is 2.12. The van der Waals surface area contributed by atoms with E-state index < -0.39 is 0 Å². The van der Waals surface area contributed by atoms with E-state index in [9.17, 15) is 4.79 Å². The first kappa shape index (κ1) is 15.6. The Balaban J connectivity index is 4.16. The number of carbonyl (C=O) groups excluding carboxylic acids is 1. The van der Waals surface area contributed by atoms with Crippen LogP contribution in [0.25, 0.3) is 0 Å². The van der Waals surface area contributed by atoms with Crippen LogP contribution in [-0.2, 0) is 9.53 Å². The standard InChI is InChI=1S/C14H28O2/c1-6-8-9-12(7-2)10-13(15)14(16-5)11(3)4/h11-12,14H,6-10H2,1-5H3. The molecule has 0 N–H and O–H groups in total. The molecule has 2 nitrogen and oxygen atoms in total. The highest BCUT2D eigenvalue weighted by molar-refractivity contribution is 5.83. The van der Waals surface area contributed by atoms with Crippen LogP contribution in [0.5, 0.6) is 0 Å². The molecule has 0 radical (unpaired) electrons. The molecule has 2 heteroatoms. The van der Waals surface area contributed by atoms with Gasteiger partial charge in [-0.25, -0.2) is 0 Å². The molecule has 0 aliphatic carbocycles. The van der Waals surface area contributed by atoms with Crippen molar-refractivity contribution in [2.75, 3.05) is 7.11 Å². The lowest BCUT2D eigenvalue weighted by atomic mass is 9.90. The zero-order valence-corrected chi connectivity index (χ0v) is 11.6. The predicted molar refractivity (Wildman–Crippen MR) is 68.6 cm³/mol. The van der Waals surface area contributed by atoms with Crippen LogP contribution in [0.3, 0.4) is 0 Å². The van der Waals surface area contributed by atoms with Crippen molar-refractivity contribution >= 4 is 5.78 Å². The van der Waals surface area contributed by atoms with E-state index in [0.717, 1.165) is 6.42 Å². The van der Waals surface area contributed by atoms with Crippen molar-refractivity contribution in [3.05, 3.63) is 0 Å². The zero-order chi connectivity index (χ0) is 12.6. The lowest BCUT2D eigenvalue weighted by Gasteiger charge is -2.21. The molecule has 0 fully saturated rings. The van der Waals surface area contributed by atoms with Crippen molar-refractivity contribution in [2.45, 2.75) is 65.9 Å². The molecule has 0 aromatic carbocycles. The average molecular weight is 228 g/mol. The maximum atomic E-state index is 12.0. The summed E-state index contributed by atoms with van der Waals surface area (Å²) < 4.78 is 5.27. The Morgan fingerprint density at radius 2 is 1.88 bits per heavy atom. The summed E-state index contributed by atoms with van der Waals surface area (Å²) in [6.45, 7) is 8.45. The summed E-state index contributed by atoms with van der Waals surface area (Å²) in [4.78, 5) is 12.0. The van der Waals surface area contributed by atoms with Crippen LogP contribution in [0.2, 0.25) is 0 Å². The third kappa shape index (κ3) is 5.64. The van der Waals surface area contributed by atoms with Crippen LogP contribution in [-0.4, -0.2) is 19.0 Å². The van der Waals surface area contributed by atoms with Gasteiger partial charge in [0, 0.05) is 13.5 Å². The highest BCUT2D eigenvalue weighted by Gasteiger charge is 2.23. The van der Waals surface area contributed by atoms with Crippen molar-refractivity contribution in [1.82, 2.24) is 0 Å². The van der Waals surface area contributed by atoms with Gasteiger partial charge in [0.15, 0.2) is 5.78 Å². The Hall–Kier alpha value is -0.370. The van der Waals surface area contributed by atoms with Gasteiger partial charge in [-0.2, -0.15) is 0 Å². The molecule has 2 unspecified atom stereocenters. The molecule has 96 valence electrons. The lowest BCUT2D eigenvalue weighted by Crippen LogP contribution is -2.30. The smallest absolute Gasteiger partial charge is 0.162 e. The summed E-state index contributed by atoms with van der Waals surface area (Å²) in [7, 11) is 1.63. The number of ketones is 1. The maximum absolute atomic E-state index is 12.0. The molecule has 16 heavy (non-hydrogen) atoms. The first-order valence-corrected chi connectivity index (χ1v) is 6.62. The molecular formula is C14H28O2. The summed E-state index contributed by atoms with van der Waals surface area (Å²) >= 11 is 0. The number of methoxy groups -OCH3 is 1. The van der Waals surface area contributed by atoms with Gasteiger partial charge >= 0.3 is 0 Å². The molecule has 0 spiro atoms. The van der Waals surface area contributed by atoms with Gasteiger partial charge in [-0.15, -0.1) is 0 Å². The highest BCUT2D eigenvalue weighted by atomic mass is 16.5. The zero-order valence-electron chi connectivity index (χ0n) is 11.6. The Morgan fingerprint density at radius 3 is 2.25 bits per heavy atom. The van der Waals surface area contributed by atoms with Crippen molar-refractivity contribution in [3.63, 3.8) is 0 Å². The second-order valence-corrected chi connectivity index (χ2v) is 4.99. The van der Waals surface area contributed by atoms with Crippen molar-refractivity contribution in [3.8, 4) is 0 Å². The predicted octanol–water partition coefficient (Wildman–Crippen LogP) is 3.83. The van der Waals surface area contributed by atoms with Crippen LogP contribution in [0, 0.1) is 11.8 Å². The van der Waals surface area contributed by atoms with Gasteiger partial charge in [0.25, 0.3) is 0 Å². The Bertz CT molecular complexity index is 187. The Kier molecular flexibility index (Phi) is 8.54. The normalized spacial score (nSPS) is 15.1. The number of hydrogen-bond donors (Lipinski definition) is 0. The molecule has 2 atom stereocenters. The van der Waals surface area contributed by atoms with Crippen LogP contribution >= 0.6 is 0 Å². The van der Waals surface area contributed by atoms with Crippen LogP contribution in [0.1, 0.15) is 59.8 Å². The first-order valence-electron chi connectivity index (χ1n) is 6.62. The minimum atomic E-state index is -0.212. The van der Waals surface area contributed by atoms with E-state index in [1.165, 1.54) is 19.3 Å². The molecule has 0 rings (SSSR count). The molecule has 0 amide bonds. The molecule has 0 aliphatic heterocycles. The average Bonchev–Trinajstić information content (AvgIpc) is 2.24. The fraction of sp³-hybridized carbons (Fsp3) is 0.929. The summed E-state index contributed by atoms with van der Waals surface area (Å²) in [5.74, 6) is 1.10. The van der Waals surface area contributed by atoms with Gasteiger partial charge in [0.2, 0.25) is 0 Å². The van der Waals surface area contributed by atoms with Gasteiger partial charge in [0.1, 0.15) is 6.10 Å². The fourth-order valence-corrected chi connectivity index (χ4v) is 2.12. The van der Waals surface area contributed by atoms with Gasteiger partial charge in [-0.3, -0.25) is 4.79 Å². The molecular weight excluding hydrogens is 200 g/mol. The number of unbranched alkanes of at least 4 members (excludes halogenated alkanes) is 1. The van der Waals surface area contributed by atoms with Gasteiger partial charge < -0.3 is 4.74 Å². The summed E-state index contributed by atoms with van der Waals surface area (Å²) in [6, 6.07) is 0. The number of carbonyl (C=O) groups is 1. The second-order valence-electron chi connectivity index (χ2n) is 4.99. The Morgan fingerprint density at radius 1 is 1.25 bits per heavy atom. The lowest BCUT2D eigenvalue weighted by molar-refractivity contribution is -0.132. The highest BCUT2D eigenvalue weighted by Crippen LogP contribution is 2.20. The molecule has 0 bridgehead atoms. The minimum Gasteiger partial charge on any atom is -0.373 e. The third-order valence-electron chi connectivity index (χ3n) is 3.21. The van der Waals surface area contributed by atoms with E-state index in [4.69, 9.17) is 4.74 Å². The molecule has 0 saturated carbocycles. The van der Waals surface area contributed by atoms with E-state index in [2.05, 4.69) is 13.8 Å². The van der Waals surface area contributed by atoms with Crippen LogP contribution < -0.4 is 0 Å². The van der Waals surface area contributed by atoms with Crippen molar-refractivity contribution < 1.29 is 9.53 Å². The molecule has 0 aromatic heterocycles. The van der Waals surface area contributed by atoms with E-state index >= 15 is 0 Å². The van der Waals surface area contributed by atoms with E-state index in [1.807, 2.05) is 13.8 Å². The summed E-state index contributed by atoms with van der Waals surface area (Å²) in [5, 5.41) is 0. The van der Waals surface area contributed by atoms with E-state index in [1.54, 1.807) is 7.11 Å². The third-order valence-corrected chi connectivity index (χ3v) is 3.21. The SMILES string of the molecule is CCCCC(CC)CC(=O)C(OC)C(C)C. The van der Waals surface area contributed by atoms with Crippen molar-refractivity contribution in [1.29, 1.82) is 0 Å². The van der Waals surface area contributed by atoms with E-state index in [0.29, 0.717) is 12.3 Å². The van der Waals surface area contributed by atoms with Gasteiger partial charge in [-0.1, -0.05) is 53.4 Å². The number of Topliss-reactive ketones (excluding diaryl/α,β-unsaturated/α-hetero) is 1. The minimum absolute atomic E-state index is 0.212. The van der Waals surface area contributed by atoms with Crippen molar-refractivity contribution in [2.24, 2.45) is 11.8 Å². The summed E-state index contributed by atoms with van der Waals surface area (Å²) in [6.07, 6.45) is 5.18.